The van der Waals surface area contributed by atoms with E-state index in [2.05, 4.69) is 48.0 Å². The number of allylic oxidation sites excluding steroid dienone is 2. The molecule has 0 bridgehead atoms. The minimum absolute atomic E-state index is 0.291. The lowest BCUT2D eigenvalue weighted by Crippen LogP contribution is -2.20. The summed E-state index contributed by atoms with van der Waals surface area (Å²) < 4.78 is 14.6. The number of anilines is 1. The van der Waals surface area contributed by atoms with E-state index in [9.17, 15) is 4.39 Å². The third-order valence-corrected chi connectivity index (χ3v) is 6.34. The highest BCUT2D eigenvalue weighted by atomic mass is 19.1. The van der Waals surface area contributed by atoms with Crippen molar-refractivity contribution in [1.29, 1.82) is 0 Å². The number of aliphatic imine (C=N–C) groups is 1. The predicted molar refractivity (Wildman–Crippen MR) is 156 cm³/mol. The number of hydrogen-bond acceptors (Lipinski definition) is 5. The van der Waals surface area contributed by atoms with Gasteiger partial charge in [0.2, 0.25) is 0 Å². The smallest absolute Gasteiger partial charge is 0.138 e. The molecule has 5 rings (SSSR count). The van der Waals surface area contributed by atoms with Crippen LogP contribution in [0.5, 0.6) is 0 Å². The fraction of sp³-hybridized carbons (Fsp3) is 0.167. The number of nitrogens with zero attached hydrogens (tertiary/aromatic N) is 4. The fourth-order valence-electron chi connectivity index (χ4n) is 4.50. The number of aromatic nitrogens is 4. The predicted octanol–water partition coefficient (Wildman–Crippen LogP) is 6.50. The number of H-pyrrole nitrogens is 2. The standard InChI is InChI=1S/C30H30FN7/c1-5-10-33-26(6-2)19-7-8-27-25(16-19)29(37-36-27)28-18-24-23(9-11-34-30(24)35-28)20-14-21(31)17-22(15-20)32-12-13-38(3)4/h5-11,14-18,32H,1,12-13H2,2-4H3,(H,34,35)(H,36,37)/b26-6-,33-10?. The van der Waals surface area contributed by atoms with Gasteiger partial charge in [-0.15, -0.1) is 0 Å². The molecule has 0 fully saturated rings. The SMILES string of the molecule is C=CC=N/C(=C\C)c1ccc2[nH]nc(-c3cc4c(-c5cc(F)cc(NCCN(C)C)c5)ccnc4[nH]3)c2c1. The Kier molecular flexibility index (Phi) is 7.15. The van der Waals surface area contributed by atoms with Crippen LogP contribution in [0.1, 0.15) is 12.5 Å². The van der Waals surface area contributed by atoms with E-state index in [1.54, 1.807) is 24.6 Å². The van der Waals surface area contributed by atoms with E-state index in [0.29, 0.717) is 5.65 Å². The molecule has 0 radical (unpaired) electrons. The molecule has 5 aromatic rings. The molecular weight excluding hydrogens is 477 g/mol. The van der Waals surface area contributed by atoms with Crippen LogP contribution in [0.2, 0.25) is 0 Å². The molecule has 3 N–H and O–H groups in total. The molecule has 0 aliphatic carbocycles. The lowest BCUT2D eigenvalue weighted by Gasteiger charge is -2.13. The quantitative estimate of drug-likeness (QED) is 0.199. The largest absolute Gasteiger partial charge is 0.384 e. The minimum atomic E-state index is -0.291. The minimum Gasteiger partial charge on any atom is -0.384 e. The summed E-state index contributed by atoms with van der Waals surface area (Å²) in [6, 6.07) is 15.1. The molecule has 3 heterocycles. The Balaban J connectivity index is 1.55. The van der Waals surface area contributed by atoms with Crippen LogP contribution < -0.4 is 5.32 Å². The van der Waals surface area contributed by atoms with Crippen molar-refractivity contribution in [2.75, 3.05) is 32.5 Å². The van der Waals surface area contributed by atoms with Gasteiger partial charge in [0.1, 0.15) is 17.2 Å². The van der Waals surface area contributed by atoms with Gasteiger partial charge in [-0.1, -0.05) is 24.8 Å². The molecule has 0 saturated heterocycles. The third-order valence-electron chi connectivity index (χ3n) is 6.34. The molecule has 0 aliphatic rings. The van der Waals surface area contributed by atoms with Crippen molar-refractivity contribution >= 4 is 39.5 Å². The maximum atomic E-state index is 14.6. The van der Waals surface area contributed by atoms with Crippen LogP contribution in [0.15, 0.2) is 78.5 Å². The van der Waals surface area contributed by atoms with Crippen LogP contribution in [0.25, 0.3) is 50.1 Å². The van der Waals surface area contributed by atoms with Gasteiger partial charge in [-0.05, 0) is 74.6 Å². The molecule has 192 valence electrons. The van der Waals surface area contributed by atoms with E-state index in [-0.39, 0.29) is 5.82 Å². The van der Waals surface area contributed by atoms with Crippen LogP contribution in [0.4, 0.5) is 10.1 Å². The van der Waals surface area contributed by atoms with Crippen molar-refractivity contribution in [3.8, 4) is 22.5 Å². The summed E-state index contributed by atoms with van der Waals surface area (Å²) in [6.07, 6.45) is 7.03. The number of fused-ring (bicyclic) bond motifs is 2. The van der Waals surface area contributed by atoms with E-state index in [4.69, 9.17) is 0 Å². The van der Waals surface area contributed by atoms with Gasteiger partial charge in [-0.3, -0.25) is 10.1 Å². The van der Waals surface area contributed by atoms with E-state index in [1.807, 2.05) is 57.4 Å². The Bertz CT molecular complexity index is 1670. The van der Waals surface area contributed by atoms with Crippen molar-refractivity contribution < 1.29 is 4.39 Å². The molecule has 0 saturated carbocycles. The molecule has 3 aromatic heterocycles. The molecule has 0 spiro atoms. The highest BCUT2D eigenvalue weighted by Crippen LogP contribution is 2.35. The Hall–Kier alpha value is -4.56. The molecule has 0 unspecified atom stereocenters. The lowest BCUT2D eigenvalue weighted by molar-refractivity contribution is 0.425. The zero-order chi connectivity index (χ0) is 26.6. The van der Waals surface area contributed by atoms with Crippen molar-refractivity contribution in [3.05, 3.63) is 84.8 Å². The normalized spacial score (nSPS) is 12.3. The van der Waals surface area contributed by atoms with Gasteiger partial charge in [0.25, 0.3) is 0 Å². The second kappa shape index (κ2) is 10.8. The van der Waals surface area contributed by atoms with E-state index in [1.165, 1.54) is 6.07 Å². The highest BCUT2D eigenvalue weighted by molar-refractivity contribution is 6.00. The zero-order valence-corrected chi connectivity index (χ0v) is 21.7. The van der Waals surface area contributed by atoms with Gasteiger partial charge < -0.3 is 15.2 Å². The number of hydrogen-bond donors (Lipinski definition) is 3. The van der Waals surface area contributed by atoms with Gasteiger partial charge in [0.15, 0.2) is 0 Å². The average Bonchev–Trinajstić information content (AvgIpc) is 3.52. The average molecular weight is 508 g/mol. The Morgan fingerprint density at radius 2 is 2.00 bits per heavy atom. The summed E-state index contributed by atoms with van der Waals surface area (Å²) in [6.45, 7) is 7.23. The molecule has 2 aromatic carbocycles. The van der Waals surface area contributed by atoms with Gasteiger partial charge >= 0.3 is 0 Å². The van der Waals surface area contributed by atoms with Crippen LogP contribution in [0.3, 0.4) is 0 Å². The van der Waals surface area contributed by atoms with Crippen LogP contribution in [-0.2, 0) is 0 Å². The zero-order valence-electron chi connectivity index (χ0n) is 21.7. The molecule has 0 amide bonds. The first kappa shape index (κ1) is 25.1. The summed E-state index contributed by atoms with van der Waals surface area (Å²) >= 11 is 0. The summed E-state index contributed by atoms with van der Waals surface area (Å²) in [4.78, 5) is 14.5. The monoisotopic (exact) mass is 507 g/mol. The van der Waals surface area contributed by atoms with Crippen molar-refractivity contribution in [2.24, 2.45) is 4.99 Å². The summed E-state index contributed by atoms with van der Waals surface area (Å²) in [7, 11) is 4.02. The molecular formula is C30H30FN7. The first-order valence-corrected chi connectivity index (χ1v) is 12.4. The van der Waals surface area contributed by atoms with Crippen molar-refractivity contribution in [3.63, 3.8) is 0 Å². The molecule has 0 atom stereocenters. The van der Waals surface area contributed by atoms with E-state index in [0.717, 1.165) is 68.8 Å². The van der Waals surface area contributed by atoms with Crippen LogP contribution in [0, 0.1) is 5.82 Å². The molecule has 38 heavy (non-hydrogen) atoms. The maximum absolute atomic E-state index is 14.6. The number of aromatic amines is 2. The van der Waals surface area contributed by atoms with Gasteiger partial charge in [0, 0.05) is 47.5 Å². The first-order valence-electron chi connectivity index (χ1n) is 12.4. The van der Waals surface area contributed by atoms with E-state index >= 15 is 0 Å². The maximum Gasteiger partial charge on any atom is 0.138 e. The van der Waals surface area contributed by atoms with Crippen molar-refractivity contribution in [1.82, 2.24) is 25.1 Å². The molecule has 7 nitrogen and oxygen atoms in total. The third kappa shape index (κ3) is 5.12. The first-order chi connectivity index (χ1) is 18.5. The number of rotatable bonds is 9. The van der Waals surface area contributed by atoms with E-state index < -0.39 is 0 Å². The highest BCUT2D eigenvalue weighted by Gasteiger charge is 2.16. The Morgan fingerprint density at radius 3 is 2.79 bits per heavy atom. The van der Waals surface area contributed by atoms with Gasteiger partial charge in [0.05, 0.1) is 16.9 Å². The Labute approximate surface area is 220 Å². The summed E-state index contributed by atoms with van der Waals surface area (Å²) in [5.74, 6) is -0.291. The number of likely N-dealkylation sites (N-methyl/N-ethyl adjacent to an activating group) is 1. The molecule has 0 aliphatic heterocycles. The number of halogens is 1. The topological polar surface area (TPSA) is 85.0 Å². The summed E-state index contributed by atoms with van der Waals surface area (Å²) in [5, 5.41) is 12.9. The molecule has 8 heteroatoms. The van der Waals surface area contributed by atoms with Crippen LogP contribution in [-0.4, -0.2) is 58.5 Å². The number of pyridine rings is 1. The number of nitrogens with one attached hydrogen (secondary N) is 3. The second-order valence-corrected chi connectivity index (χ2v) is 9.28. The fourth-order valence-corrected chi connectivity index (χ4v) is 4.50. The lowest BCUT2D eigenvalue weighted by atomic mass is 10.0. The van der Waals surface area contributed by atoms with Gasteiger partial charge in [-0.2, -0.15) is 5.10 Å². The van der Waals surface area contributed by atoms with Gasteiger partial charge in [-0.25, -0.2) is 9.37 Å². The number of benzene rings is 2. The van der Waals surface area contributed by atoms with Crippen molar-refractivity contribution in [2.45, 2.75) is 6.92 Å². The Morgan fingerprint density at radius 1 is 1.13 bits per heavy atom. The summed E-state index contributed by atoms with van der Waals surface area (Å²) in [5.41, 5.74) is 7.46. The van der Waals surface area contributed by atoms with Crippen LogP contribution >= 0.6 is 0 Å². The second-order valence-electron chi connectivity index (χ2n) is 9.28.